The smallest absolute Gasteiger partial charge is 0.283 e. The van der Waals surface area contributed by atoms with Gasteiger partial charge in [-0.15, -0.1) is 0 Å². The van der Waals surface area contributed by atoms with Crippen molar-refractivity contribution in [1.82, 2.24) is 0 Å². The quantitative estimate of drug-likeness (QED) is 0.833. The lowest BCUT2D eigenvalue weighted by molar-refractivity contribution is -0.255. The average Bonchev–Trinajstić information content (AvgIpc) is 2.81. The molecular weight excluding hydrogens is 356 g/mol. The number of rotatable bonds is 4. The number of carbonyl (C=O) groups excluding carboxylic acids is 3. The van der Waals surface area contributed by atoms with Crippen LogP contribution in [0.1, 0.15) is 21.5 Å². The third kappa shape index (κ3) is 3.07. The summed E-state index contributed by atoms with van der Waals surface area (Å²) in [4.78, 5) is 36.9. The number of amides is 2. The van der Waals surface area contributed by atoms with Gasteiger partial charge < -0.3 is 15.2 Å². The summed E-state index contributed by atoms with van der Waals surface area (Å²) in [7, 11) is 0. The first kappa shape index (κ1) is 17.7. The van der Waals surface area contributed by atoms with E-state index in [4.69, 9.17) is 11.6 Å². The SMILES string of the molecule is Cc1ccc(N2C(=O)C(Cl)=C(Nc3ccc(C(=O)[O-])cc3)C2=O)cc1C. The lowest BCUT2D eigenvalue weighted by Crippen LogP contribution is -2.32. The highest BCUT2D eigenvalue weighted by molar-refractivity contribution is 6.53. The fourth-order valence-corrected chi connectivity index (χ4v) is 2.76. The molecule has 1 N–H and O–H groups in total. The Morgan fingerprint density at radius 3 is 2.23 bits per heavy atom. The van der Waals surface area contributed by atoms with E-state index in [0.717, 1.165) is 16.0 Å². The monoisotopic (exact) mass is 369 g/mol. The van der Waals surface area contributed by atoms with Crippen molar-refractivity contribution in [2.75, 3.05) is 10.2 Å². The molecule has 2 aromatic rings. The molecule has 0 saturated carbocycles. The maximum Gasteiger partial charge on any atom is 0.283 e. The van der Waals surface area contributed by atoms with Crippen LogP contribution in [0, 0.1) is 13.8 Å². The molecule has 2 amide bonds. The van der Waals surface area contributed by atoms with Gasteiger partial charge in [-0.05, 0) is 54.8 Å². The fraction of sp³-hybridized carbons (Fsp3) is 0.105. The summed E-state index contributed by atoms with van der Waals surface area (Å²) in [6.45, 7) is 3.82. The second-order valence-corrected chi connectivity index (χ2v) is 6.27. The number of aryl methyl sites for hydroxylation is 2. The van der Waals surface area contributed by atoms with E-state index in [-0.39, 0.29) is 16.3 Å². The number of anilines is 2. The molecule has 132 valence electrons. The van der Waals surface area contributed by atoms with Gasteiger partial charge in [-0.2, -0.15) is 0 Å². The van der Waals surface area contributed by atoms with Gasteiger partial charge in [0, 0.05) is 5.69 Å². The van der Waals surface area contributed by atoms with Crippen LogP contribution in [0.25, 0.3) is 0 Å². The Balaban J connectivity index is 1.88. The first-order valence-corrected chi connectivity index (χ1v) is 8.11. The number of imide groups is 1. The van der Waals surface area contributed by atoms with Crippen molar-refractivity contribution in [2.24, 2.45) is 0 Å². The van der Waals surface area contributed by atoms with Gasteiger partial charge in [0.15, 0.2) is 0 Å². The molecule has 1 heterocycles. The topological polar surface area (TPSA) is 89.5 Å². The number of carbonyl (C=O) groups is 3. The number of hydrogen-bond acceptors (Lipinski definition) is 5. The van der Waals surface area contributed by atoms with Crippen molar-refractivity contribution in [2.45, 2.75) is 13.8 Å². The summed E-state index contributed by atoms with van der Waals surface area (Å²) in [5.74, 6) is -2.50. The molecule has 2 aromatic carbocycles. The predicted octanol–water partition coefficient (Wildman–Crippen LogP) is 2.10. The fourth-order valence-electron chi connectivity index (χ4n) is 2.54. The molecule has 6 nitrogen and oxygen atoms in total. The Hall–Kier alpha value is -3.12. The molecule has 0 saturated heterocycles. The molecule has 3 rings (SSSR count). The third-order valence-electron chi connectivity index (χ3n) is 4.17. The summed E-state index contributed by atoms with van der Waals surface area (Å²) in [5, 5.41) is 13.3. The van der Waals surface area contributed by atoms with Crippen LogP contribution in [0.2, 0.25) is 0 Å². The van der Waals surface area contributed by atoms with Crippen LogP contribution < -0.4 is 15.3 Å². The molecule has 26 heavy (non-hydrogen) atoms. The van der Waals surface area contributed by atoms with Crippen LogP contribution in [-0.2, 0) is 9.59 Å². The van der Waals surface area contributed by atoms with Gasteiger partial charge in [0.25, 0.3) is 11.8 Å². The summed E-state index contributed by atoms with van der Waals surface area (Å²) in [6.07, 6.45) is 0. The van der Waals surface area contributed by atoms with E-state index in [9.17, 15) is 19.5 Å². The molecule has 0 unspecified atom stereocenters. The van der Waals surface area contributed by atoms with E-state index in [1.807, 2.05) is 19.9 Å². The number of benzene rings is 2. The Kier molecular flexibility index (Phi) is 4.52. The minimum Gasteiger partial charge on any atom is -0.545 e. The Morgan fingerprint density at radius 1 is 1.00 bits per heavy atom. The van der Waals surface area contributed by atoms with Gasteiger partial charge in [0.1, 0.15) is 10.7 Å². The van der Waals surface area contributed by atoms with Crippen LogP contribution in [0.15, 0.2) is 53.2 Å². The minimum atomic E-state index is -1.30. The number of carboxylic acid groups (broad SMARTS) is 1. The van der Waals surface area contributed by atoms with Crippen molar-refractivity contribution >= 4 is 40.8 Å². The van der Waals surface area contributed by atoms with E-state index < -0.39 is 17.8 Å². The molecular formula is C19H14ClN2O4-. The number of hydrogen-bond donors (Lipinski definition) is 1. The maximum absolute atomic E-state index is 12.7. The standard InChI is InChI=1S/C19H15ClN2O4/c1-10-3-8-14(9-11(10)2)22-17(23)15(20)16(18(22)24)21-13-6-4-12(5-7-13)19(25)26/h3-9,21H,1-2H3,(H,25,26)/p-1. The lowest BCUT2D eigenvalue weighted by atomic mass is 10.1. The molecule has 0 aliphatic carbocycles. The summed E-state index contributed by atoms with van der Waals surface area (Å²) in [5.41, 5.74) is 2.78. The number of aromatic carboxylic acids is 1. The van der Waals surface area contributed by atoms with Gasteiger partial charge in [0.05, 0.1) is 11.7 Å². The first-order valence-electron chi connectivity index (χ1n) is 7.74. The second kappa shape index (κ2) is 6.65. The molecule has 0 fully saturated rings. The summed E-state index contributed by atoms with van der Waals surface area (Å²) in [6, 6.07) is 10.8. The van der Waals surface area contributed by atoms with E-state index in [2.05, 4.69) is 5.32 Å². The van der Waals surface area contributed by atoms with Gasteiger partial charge in [-0.25, -0.2) is 4.90 Å². The van der Waals surface area contributed by atoms with E-state index in [1.54, 1.807) is 12.1 Å². The van der Waals surface area contributed by atoms with E-state index in [0.29, 0.717) is 11.4 Å². The minimum absolute atomic E-state index is 0.00112. The molecule has 1 aliphatic rings. The zero-order valence-electron chi connectivity index (χ0n) is 14.0. The van der Waals surface area contributed by atoms with Gasteiger partial charge in [0.2, 0.25) is 0 Å². The van der Waals surface area contributed by atoms with Crippen LogP contribution in [0.3, 0.4) is 0 Å². The predicted molar refractivity (Wildman–Crippen MR) is 95.7 cm³/mol. The Morgan fingerprint density at radius 2 is 1.65 bits per heavy atom. The van der Waals surface area contributed by atoms with Crippen LogP contribution in [0.5, 0.6) is 0 Å². The van der Waals surface area contributed by atoms with Gasteiger partial charge >= 0.3 is 0 Å². The largest absolute Gasteiger partial charge is 0.545 e. The second-order valence-electron chi connectivity index (χ2n) is 5.89. The first-order chi connectivity index (χ1) is 12.3. The van der Waals surface area contributed by atoms with Crippen LogP contribution >= 0.6 is 11.6 Å². The molecule has 0 bridgehead atoms. The number of nitrogens with one attached hydrogen (secondary N) is 1. The average molecular weight is 370 g/mol. The van der Waals surface area contributed by atoms with Crippen LogP contribution in [0.4, 0.5) is 11.4 Å². The lowest BCUT2D eigenvalue weighted by Gasteiger charge is -2.16. The normalized spacial score (nSPS) is 14.2. The third-order valence-corrected chi connectivity index (χ3v) is 4.52. The highest BCUT2D eigenvalue weighted by atomic mass is 35.5. The molecule has 0 radical (unpaired) electrons. The maximum atomic E-state index is 12.7. The van der Waals surface area contributed by atoms with Crippen molar-refractivity contribution in [3.8, 4) is 0 Å². The van der Waals surface area contributed by atoms with Crippen molar-refractivity contribution in [3.63, 3.8) is 0 Å². The van der Waals surface area contributed by atoms with E-state index >= 15 is 0 Å². The Bertz CT molecular complexity index is 964. The highest BCUT2D eigenvalue weighted by Crippen LogP contribution is 2.31. The molecule has 0 atom stereocenters. The van der Waals surface area contributed by atoms with E-state index in [1.165, 1.54) is 24.3 Å². The highest BCUT2D eigenvalue weighted by Gasteiger charge is 2.39. The summed E-state index contributed by atoms with van der Waals surface area (Å²) < 4.78 is 0. The van der Waals surface area contributed by atoms with Crippen molar-refractivity contribution in [3.05, 3.63) is 69.9 Å². The zero-order chi connectivity index (χ0) is 19.0. The summed E-state index contributed by atoms with van der Waals surface area (Å²) >= 11 is 6.07. The van der Waals surface area contributed by atoms with Crippen LogP contribution in [-0.4, -0.2) is 17.8 Å². The van der Waals surface area contributed by atoms with Crippen molar-refractivity contribution < 1.29 is 19.5 Å². The van der Waals surface area contributed by atoms with Crippen molar-refractivity contribution in [1.29, 1.82) is 0 Å². The van der Waals surface area contributed by atoms with Gasteiger partial charge in [-0.3, -0.25) is 9.59 Å². The molecule has 7 heteroatoms. The molecule has 0 aromatic heterocycles. The molecule has 1 aliphatic heterocycles. The number of nitrogens with zero attached hydrogens (tertiary/aromatic N) is 1. The number of halogens is 1. The Labute approximate surface area is 154 Å². The molecule has 0 spiro atoms. The number of carboxylic acids is 1. The zero-order valence-corrected chi connectivity index (χ0v) is 14.8. The van der Waals surface area contributed by atoms with Gasteiger partial charge in [-0.1, -0.05) is 29.8 Å².